The third-order valence-electron chi connectivity index (χ3n) is 2.40. The summed E-state index contributed by atoms with van der Waals surface area (Å²) >= 11 is -2.31. The van der Waals surface area contributed by atoms with E-state index in [4.69, 9.17) is 12.6 Å². The van der Waals surface area contributed by atoms with Gasteiger partial charge >= 0.3 is 117 Å². The van der Waals surface area contributed by atoms with E-state index in [1.54, 1.807) is 12.1 Å². The van der Waals surface area contributed by atoms with E-state index in [9.17, 15) is 4.79 Å². The zero-order valence-electron chi connectivity index (χ0n) is 9.68. The summed E-state index contributed by atoms with van der Waals surface area (Å²) in [7, 11) is 6.18. The Balaban J connectivity index is 1.92. The average Bonchev–Trinajstić information content (AvgIpc) is 2.40. The molecule has 0 radical (unpaired) electrons. The molecule has 0 N–H and O–H groups in total. The van der Waals surface area contributed by atoms with Gasteiger partial charge in [-0.2, -0.15) is 0 Å². The summed E-state index contributed by atoms with van der Waals surface area (Å²) in [4.78, 5) is 11.8. The van der Waals surface area contributed by atoms with Gasteiger partial charge in [-0.05, 0) is 0 Å². The standard InChI is InChI=1S/C7H6O2.C7H7.ClH.Ti/c8-7(9)6-4-2-1-3-5-6;1-7-5-3-2-4-6-7;;/h1-5H,(H,8,9);2-6H,1H2;1H;/q;;;+2/p-2. The van der Waals surface area contributed by atoms with Gasteiger partial charge in [-0.1, -0.05) is 0 Å². The SMILES string of the molecule is O=C([O][Ti]([Cl])[CH2]c1ccccc1)c1ccccc1. The number of halogens is 1. The zero-order chi connectivity index (χ0) is 12.8. The molecule has 0 spiro atoms. The fourth-order valence-electron chi connectivity index (χ4n) is 1.53. The Bertz CT molecular complexity index is 502. The first kappa shape index (κ1) is 13.3. The minimum atomic E-state index is -2.31. The molecule has 0 saturated carbocycles. The molecule has 2 rings (SSSR count). The van der Waals surface area contributed by atoms with Crippen molar-refractivity contribution in [1.29, 1.82) is 0 Å². The molecule has 0 aliphatic rings. The van der Waals surface area contributed by atoms with Crippen molar-refractivity contribution in [2.45, 2.75) is 4.73 Å². The first-order chi connectivity index (χ1) is 8.75. The van der Waals surface area contributed by atoms with E-state index in [1.165, 1.54) is 0 Å². The second kappa shape index (κ2) is 6.74. The molecule has 0 heterocycles. The van der Waals surface area contributed by atoms with Crippen LogP contribution < -0.4 is 0 Å². The second-order valence-electron chi connectivity index (χ2n) is 3.77. The van der Waals surface area contributed by atoms with Crippen LogP contribution in [0.15, 0.2) is 60.7 Å². The van der Waals surface area contributed by atoms with E-state index in [-0.39, 0.29) is 5.97 Å². The van der Waals surface area contributed by atoms with Crippen molar-refractivity contribution in [3.63, 3.8) is 0 Å². The molecule has 0 aliphatic heterocycles. The molecule has 0 unspecified atom stereocenters. The van der Waals surface area contributed by atoms with Crippen LogP contribution in [0.4, 0.5) is 0 Å². The second-order valence-corrected chi connectivity index (χ2v) is 7.49. The fourth-order valence-corrected chi connectivity index (χ4v) is 3.93. The maximum atomic E-state index is 11.8. The van der Waals surface area contributed by atoms with E-state index in [0.717, 1.165) is 5.56 Å². The van der Waals surface area contributed by atoms with Crippen molar-refractivity contribution in [2.24, 2.45) is 0 Å². The van der Waals surface area contributed by atoms with Crippen molar-refractivity contribution in [3.05, 3.63) is 71.8 Å². The van der Waals surface area contributed by atoms with Crippen LogP contribution in [0.3, 0.4) is 0 Å². The van der Waals surface area contributed by atoms with Crippen LogP contribution in [0.1, 0.15) is 15.9 Å². The van der Waals surface area contributed by atoms with Gasteiger partial charge in [-0.15, -0.1) is 0 Å². The summed E-state index contributed by atoms with van der Waals surface area (Å²) in [5.41, 5.74) is 1.67. The molecule has 0 bridgehead atoms. The predicted molar refractivity (Wildman–Crippen MR) is 67.9 cm³/mol. The Morgan fingerprint density at radius 3 is 2.17 bits per heavy atom. The monoisotopic (exact) mass is 295 g/mol. The van der Waals surface area contributed by atoms with Gasteiger partial charge in [0.15, 0.2) is 0 Å². The van der Waals surface area contributed by atoms with Crippen LogP contribution in [0.25, 0.3) is 0 Å². The Morgan fingerprint density at radius 2 is 1.56 bits per heavy atom. The van der Waals surface area contributed by atoms with Crippen molar-refractivity contribution in [3.8, 4) is 0 Å². The molecule has 91 valence electrons. The van der Waals surface area contributed by atoms with Gasteiger partial charge in [-0.25, -0.2) is 0 Å². The van der Waals surface area contributed by atoms with E-state index < -0.39 is 17.2 Å². The fraction of sp³-hybridized carbons (Fsp3) is 0.0714. The summed E-state index contributed by atoms with van der Waals surface area (Å²) in [6.45, 7) is 0. The van der Waals surface area contributed by atoms with E-state index in [2.05, 4.69) is 0 Å². The average molecular weight is 296 g/mol. The summed E-state index contributed by atoms with van der Waals surface area (Å²) in [5, 5.41) is 0. The van der Waals surface area contributed by atoms with Crippen LogP contribution in [0.2, 0.25) is 0 Å². The molecule has 4 heteroatoms. The Morgan fingerprint density at radius 1 is 1.00 bits per heavy atom. The molecule has 0 saturated heterocycles. The van der Waals surface area contributed by atoms with Crippen LogP contribution in [-0.4, -0.2) is 5.97 Å². The molecular formula is C14H12ClO2Ti. The molecule has 0 aliphatic carbocycles. The molecular weight excluding hydrogens is 283 g/mol. The van der Waals surface area contributed by atoms with Gasteiger partial charge in [0.05, 0.1) is 0 Å². The summed E-state index contributed by atoms with van der Waals surface area (Å²) in [6.07, 6.45) is 0. The molecule has 2 aromatic carbocycles. The first-order valence-electron chi connectivity index (χ1n) is 5.58. The third-order valence-corrected chi connectivity index (χ3v) is 4.97. The summed E-state index contributed by atoms with van der Waals surface area (Å²) in [5.74, 6) is -0.323. The maximum absolute atomic E-state index is 11.8. The molecule has 0 atom stereocenters. The van der Waals surface area contributed by atoms with Gasteiger partial charge in [-0.3, -0.25) is 0 Å². The molecule has 2 aromatic rings. The quantitative estimate of drug-likeness (QED) is 0.803. The number of benzene rings is 2. The Labute approximate surface area is 117 Å². The minimum absolute atomic E-state index is 0.323. The van der Waals surface area contributed by atoms with Crippen molar-refractivity contribution < 1.29 is 25.3 Å². The zero-order valence-corrected chi connectivity index (χ0v) is 12.0. The molecule has 0 aromatic heterocycles. The van der Waals surface area contributed by atoms with Gasteiger partial charge < -0.3 is 0 Å². The number of hydrogen-bond donors (Lipinski definition) is 0. The number of carbonyl (C=O) groups is 1. The summed E-state index contributed by atoms with van der Waals surface area (Å²) < 4.78 is 6.00. The van der Waals surface area contributed by atoms with Crippen molar-refractivity contribution in [1.82, 2.24) is 0 Å². The van der Waals surface area contributed by atoms with Gasteiger partial charge in [0, 0.05) is 0 Å². The van der Waals surface area contributed by atoms with Gasteiger partial charge in [0.1, 0.15) is 0 Å². The van der Waals surface area contributed by atoms with Crippen LogP contribution >= 0.6 is 9.30 Å². The normalized spacial score (nSPS) is 9.83. The van der Waals surface area contributed by atoms with E-state index in [1.807, 2.05) is 48.5 Å². The molecule has 0 fully saturated rings. The third kappa shape index (κ3) is 3.99. The van der Waals surface area contributed by atoms with Crippen LogP contribution in [0.5, 0.6) is 0 Å². The number of carbonyl (C=O) groups excluding carboxylic acids is 1. The van der Waals surface area contributed by atoms with Crippen molar-refractivity contribution >= 4 is 15.3 Å². The molecule has 0 amide bonds. The van der Waals surface area contributed by atoms with Crippen LogP contribution in [0, 0.1) is 0 Å². The molecule has 18 heavy (non-hydrogen) atoms. The predicted octanol–water partition coefficient (Wildman–Crippen LogP) is 3.73. The number of rotatable bonds is 4. The number of hydrogen-bond acceptors (Lipinski definition) is 2. The van der Waals surface area contributed by atoms with Crippen LogP contribution in [-0.2, 0) is 25.2 Å². The Kier molecular flexibility index (Phi) is 5.00. The van der Waals surface area contributed by atoms with E-state index >= 15 is 0 Å². The first-order valence-corrected chi connectivity index (χ1v) is 9.47. The van der Waals surface area contributed by atoms with Gasteiger partial charge in [0.25, 0.3) is 0 Å². The van der Waals surface area contributed by atoms with Gasteiger partial charge in [0.2, 0.25) is 0 Å². The summed E-state index contributed by atoms with van der Waals surface area (Å²) in [6, 6.07) is 18.8. The molecule has 2 nitrogen and oxygen atoms in total. The van der Waals surface area contributed by atoms with Crippen molar-refractivity contribution in [2.75, 3.05) is 0 Å². The topological polar surface area (TPSA) is 26.3 Å². The Hall–Kier alpha value is -1.09. The van der Waals surface area contributed by atoms with E-state index in [0.29, 0.717) is 10.3 Å².